The van der Waals surface area contributed by atoms with E-state index in [1.165, 1.54) is 12.4 Å². The van der Waals surface area contributed by atoms with Crippen LogP contribution in [-0.2, 0) is 9.47 Å². The number of aromatic nitrogens is 1. The molecule has 0 spiro atoms. The second-order valence-electron chi connectivity index (χ2n) is 5.30. The molecule has 1 aromatic heterocycles. The van der Waals surface area contributed by atoms with Crippen molar-refractivity contribution in [2.24, 2.45) is 11.8 Å². The molecule has 4 atom stereocenters. The van der Waals surface area contributed by atoms with Crippen LogP contribution in [0.15, 0.2) is 18.5 Å². The van der Waals surface area contributed by atoms with Gasteiger partial charge in [0.1, 0.15) is 0 Å². The van der Waals surface area contributed by atoms with Gasteiger partial charge in [0.15, 0.2) is 0 Å². The normalized spacial score (nSPS) is 31.5. The molecule has 5 nitrogen and oxygen atoms in total. The average molecular weight is 297 g/mol. The number of fused-ring (bicyclic) bond motifs is 1. The number of amides is 1. The van der Waals surface area contributed by atoms with Crippen molar-refractivity contribution in [3.63, 3.8) is 0 Å². The molecule has 3 rings (SSSR count). The van der Waals surface area contributed by atoms with Gasteiger partial charge in [0.05, 0.1) is 23.3 Å². The quantitative estimate of drug-likeness (QED) is 0.915. The smallest absolute Gasteiger partial charge is 0.253 e. The maximum absolute atomic E-state index is 12.2. The zero-order valence-corrected chi connectivity index (χ0v) is 12.0. The molecule has 6 heteroatoms. The van der Waals surface area contributed by atoms with E-state index in [1.54, 1.807) is 13.2 Å². The van der Waals surface area contributed by atoms with E-state index in [0.29, 0.717) is 23.1 Å². The van der Waals surface area contributed by atoms with Crippen LogP contribution in [0.25, 0.3) is 0 Å². The van der Waals surface area contributed by atoms with Crippen molar-refractivity contribution >= 4 is 17.5 Å². The van der Waals surface area contributed by atoms with E-state index in [4.69, 9.17) is 21.1 Å². The third-order valence-corrected chi connectivity index (χ3v) is 4.36. The minimum Gasteiger partial charge on any atom is -0.384 e. The van der Waals surface area contributed by atoms with Gasteiger partial charge < -0.3 is 14.8 Å². The van der Waals surface area contributed by atoms with Gasteiger partial charge in [-0.3, -0.25) is 9.78 Å². The van der Waals surface area contributed by atoms with E-state index >= 15 is 0 Å². The van der Waals surface area contributed by atoms with Crippen molar-refractivity contribution in [1.29, 1.82) is 0 Å². The first-order valence-corrected chi connectivity index (χ1v) is 7.10. The van der Waals surface area contributed by atoms with Gasteiger partial charge in [0, 0.05) is 44.0 Å². The summed E-state index contributed by atoms with van der Waals surface area (Å²) in [7, 11) is 1.67. The molecule has 1 N–H and O–H groups in total. The Kier molecular flexibility index (Phi) is 3.92. The molecule has 20 heavy (non-hydrogen) atoms. The van der Waals surface area contributed by atoms with E-state index in [0.717, 1.165) is 13.0 Å². The van der Waals surface area contributed by atoms with Crippen LogP contribution in [0.4, 0.5) is 0 Å². The Morgan fingerprint density at radius 3 is 3.20 bits per heavy atom. The highest BCUT2D eigenvalue weighted by Crippen LogP contribution is 2.43. The fourth-order valence-corrected chi connectivity index (χ4v) is 3.38. The zero-order chi connectivity index (χ0) is 14.1. The van der Waals surface area contributed by atoms with E-state index in [1.807, 2.05) is 0 Å². The van der Waals surface area contributed by atoms with Crippen molar-refractivity contribution in [2.75, 3.05) is 20.3 Å². The summed E-state index contributed by atoms with van der Waals surface area (Å²) in [4.78, 5) is 16.2. The van der Waals surface area contributed by atoms with E-state index in [2.05, 4.69) is 10.3 Å². The van der Waals surface area contributed by atoms with Crippen molar-refractivity contribution in [2.45, 2.75) is 18.6 Å². The molecular weight excluding hydrogens is 280 g/mol. The molecule has 0 unspecified atom stereocenters. The summed E-state index contributed by atoms with van der Waals surface area (Å²) in [5.41, 5.74) is 0.482. The lowest BCUT2D eigenvalue weighted by Gasteiger charge is -2.47. The topological polar surface area (TPSA) is 60.5 Å². The van der Waals surface area contributed by atoms with Gasteiger partial charge in [-0.25, -0.2) is 0 Å². The maximum Gasteiger partial charge on any atom is 0.253 e. The molecule has 2 heterocycles. The number of pyridine rings is 1. The van der Waals surface area contributed by atoms with Gasteiger partial charge in [-0.1, -0.05) is 11.6 Å². The number of rotatable bonds is 4. The predicted octanol–water partition coefficient (Wildman–Crippen LogP) is 1.51. The number of hydrogen-bond acceptors (Lipinski definition) is 4. The van der Waals surface area contributed by atoms with E-state index < -0.39 is 0 Å². The fraction of sp³-hybridized carbons (Fsp3) is 0.571. The van der Waals surface area contributed by atoms with Gasteiger partial charge in [-0.05, 0) is 12.5 Å². The molecule has 108 valence electrons. The molecule has 1 saturated carbocycles. The first-order chi connectivity index (χ1) is 9.70. The molecule has 1 amide bonds. The molecule has 1 aliphatic carbocycles. The zero-order valence-electron chi connectivity index (χ0n) is 11.2. The summed E-state index contributed by atoms with van der Waals surface area (Å²) in [6.07, 6.45) is 4.24. The van der Waals surface area contributed by atoms with Gasteiger partial charge in [0.2, 0.25) is 0 Å². The van der Waals surface area contributed by atoms with E-state index in [9.17, 15) is 4.79 Å². The van der Waals surface area contributed by atoms with E-state index in [-0.39, 0.29) is 24.0 Å². The van der Waals surface area contributed by atoms with Crippen molar-refractivity contribution in [3.8, 4) is 0 Å². The fourth-order valence-electron chi connectivity index (χ4n) is 3.21. The van der Waals surface area contributed by atoms with Crippen LogP contribution < -0.4 is 5.32 Å². The molecule has 2 fully saturated rings. The molecular formula is C14H17ClN2O3. The number of halogens is 1. The summed E-state index contributed by atoms with van der Waals surface area (Å²) < 4.78 is 10.9. The van der Waals surface area contributed by atoms with Crippen LogP contribution in [0, 0.1) is 11.8 Å². The summed E-state index contributed by atoms with van der Waals surface area (Å²) in [5, 5.41) is 3.53. The third-order valence-electron chi connectivity index (χ3n) is 4.15. The Bertz CT molecular complexity index is 511. The van der Waals surface area contributed by atoms with Crippen LogP contribution in [0.3, 0.4) is 0 Å². The summed E-state index contributed by atoms with van der Waals surface area (Å²) >= 11 is 5.86. The predicted molar refractivity (Wildman–Crippen MR) is 73.7 cm³/mol. The molecule has 1 aliphatic heterocycles. The summed E-state index contributed by atoms with van der Waals surface area (Å²) in [5.74, 6) is 0.478. The molecule has 0 aromatic carbocycles. The van der Waals surface area contributed by atoms with Crippen molar-refractivity contribution in [3.05, 3.63) is 29.0 Å². The summed E-state index contributed by atoms with van der Waals surface area (Å²) in [6.45, 7) is 1.36. The van der Waals surface area contributed by atoms with Crippen LogP contribution in [0.1, 0.15) is 16.8 Å². The average Bonchev–Trinajstić information content (AvgIpc) is 2.86. The molecule has 1 saturated heterocycles. The highest BCUT2D eigenvalue weighted by molar-refractivity contribution is 6.30. The number of nitrogens with one attached hydrogen (secondary N) is 1. The first-order valence-electron chi connectivity index (χ1n) is 6.72. The standard InChI is InChI=1S/C14H17ClN2O3/c1-19-7-11-12(10-2-3-20-13(10)11)17-14(18)8-4-9(15)6-16-5-8/h4-6,10-13H,2-3,7H2,1H3,(H,17,18)/t10-,11+,12+,13-/m0/s1. The van der Waals surface area contributed by atoms with Crippen LogP contribution in [0.2, 0.25) is 5.02 Å². The summed E-state index contributed by atoms with van der Waals surface area (Å²) in [6, 6.07) is 1.73. The van der Waals surface area contributed by atoms with Gasteiger partial charge in [0.25, 0.3) is 5.91 Å². The number of methoxy groups -OCH3 is 1. The Hall–Kier alpha value is -1.17. The van der Waals surface area contributed by atoms with Gasteiger partial charge in [-0.2, -0.15) is 0 Å². The molecule has 2 aliphatic rings. The number of ether oxygens (including phenoxy) is 2. The van der Waals surface area contributed by atoms with Crippen molar-refractivity contribution < 1.29 is 14.3 Å². The van der Waals surface area contributed by atoms with Crippen LogP contribution in [-0.4, -0.2) is 43.4 Å². The molecule has 1 aromatic rings. The minimum absolute atomic E-state index is 0.105. The lowest BCUT2D eigenvalue weighted by molar-refractivity contribution is -0.0809. The lowest BCUT2D eigenvalue weighted by Crippen LogP contribution is -2.62. The second kappa shape index (κ2) is 5.68. The maximum atomic E-state index is 12.2. The van der Waals surface area contributed by atoms with Gasteiger partial charge >= 0.3 is 0 Å². The number of nitrogens with zero attached hydrogens (tertiary/aromatic N) is 1. The lowest BCUT2D eigenvalue weighted by atomic mass is 9.67. The highest BCUT2D eigenvalue weighted by Gasteiger charge is 2.54. The highest BCUT2D eigenvalue weighted by atomic mass is 35.5. The van der Waals surface area contributed by atoms with Crippen LogP contribution >= 0.6 is 11.6 Å². The monoisotopic (exact) mass is 296 g/mol. The Labute approximate surface area is 122 Å². The molecule has 0 bridgehead atoms. The number of hydrogen-bond donors (Lipinski definition) is 1. The number of carbonyl (C=O) groups is 1. The second-order valence-corrected chi connectivity index (χ2v) is 5.73. The minimum atomic E-state index is -0.142. The number of carbonyl (C=O) groups excluding carboxylic acids is 1. The Balaban J connectivity index is 1.68. The largest absolute Gasteiger partial charge is 0.384 e. The Morgan fingerprint density at radius 1 is 1.60 bits per heavy atom. The Morgan fingerprint density at radius 2 is 2.45 bits per heavy atom. The van der Waals surface area contributed by atoms with Crippen LogP contribution in [0.5, 0.6) is 0 Å². The van der Waals surface area contributed by atoms with Crippen molar-refractivity contribution in [1.82, 2.24) is 10.3 Å². The molecule has 0 radical (unpaired) electrons. The third kappa shape index (κ3) is 2.41. The van der Waals surface area contributed by atoms with Gasteiger partial charge in [-0.15, -0.1) is 0 Å². The first kappa shape index (κ1) is 13.8. The SMILES string of the molecule is COC[C@@H]1[C@H](NC(=O)c2cncc(Cl)c2)[C@@H]2CCO[C@H]12.